The molecule has 0 fully saturated rings. The fourth-order valence-electron chi connectivity index (χ4n) is 4.26. The van der Waals surface area contributed by atoms with Crippen molar-refractivity contribution in [1.29, 1.82) is 0 Å². The summed E-state index contributed by atoms with van der Waals surface area (Å²) in [4.78, 5) is 29.5. The van der Waals surface area contributed by atoms with E-state index in [0.717, 1.165) is 23.2 Å². The van der Waals surface area contributed by atoms with Crippen LogP contribution in [0.25, 0.3) is 45.1 Å². The molecule has 0 aliphatic rings. The van der Waals surface area contributed by atoms with Crippen molar-refractivity contribution in [3.8, 4) is 22.9 Å². The summed E-state index contributed by atoms with van der Waals surface area (Å²) in [5.41, 5.74) is 3.87. The van der Waals surface area contributed by atoms with Crippen molar-refractivity contribution in [3.63, 3.8) is 0 Å². The first-order valence-electron chi connectivity index (χ1n) is 12.6. The summed E-state index contributed by atoms with van der Waals surface area (Å²) < 4.78 is 24.4. The van der Waals surface area contributed by atoms with E-state index in [-0.39, 0.29) is 16.5 Å². The lowest BCUT2D eigenvalue weighted by atomic mass is 10.00. The van der Waals surface area contributed by atoms with E-state index in [1.165, 1.54) is 6.07 Å². The lowest BCUT2D eigenvalue weighted by Gasteiger charge is -2.06. The number of rotatable bonds is 6. The number of benzene rings is 4. The minimum Gasteiger partial charge on any atom is -0.436 e. The van der Waals surface area contributed by atoms with Crippen molar-refractivity contribution in [3.05, 3.63) is 117 Å². The number of aromatic nitrogens is 2. The quantitative estimate of drug-likeness (QED) is 0.148. The SMILES string of the molecule is CC(C)Cc1ccc(-c2nc3ccccc3o2)cc1[N+](=O)[O-].O=[N+]([O-])c1cc(-c2nc3ccccc3o2)ccc1F. The van der Waals surface area contributed by atoms with E-state index in [1.54, 1.807) is 30.3 Å². The molecule has 11 heteroatoms. The molecule has 2 aromatic heterocycles. The second-order valence-corrected chi connectivity index (χ2v) is 9.60. The molecular weight excluding hydrogens is 531 g/mol. The third-order valence-corrected chi connectivity index (χ3v) is 6.13. The van der Waals surface area contributed by atoms with E-state index in [4.69, 9.17) is 8.83 Å². The van der Waals surface area contributed by atoms with Gasteiger partial charge in [-0.15, -0.1) is 0 Å². The standard InChI is InChI=1S/C17H16N2O3.C13H7FN2O3/c1-11(2)9-12-7-8-13(10-15(12)19(20)21)17-18-14-5-3-4-6-16(14)22-17;14-9-6-5-8(7-11(9)16(17)18)13-15-10-3-1-2-4-12(10)19-13/h3-8,10-11H,9H2,1-2H3;1-7H. The Bertz CT molecular complexity index is 1830. The second kappa shape index (κ2) is 11.3. The molecule has 0 spiro atoms. The molecule has 0 unspecified atom stereocenters. The summed E-state index contributed by atoms with van der Waals surface area (Å²) >= 11 is 0. The Balaban J connectivity index is 0.000000166. The number of hydrogen-bond donors (Lipinski definition) is 0. The molecule has 206 valence electrons. The Kier molecular flexibility index (Phi) is 7.51. The summed E-state index contributed by atoms with van der Waals surface area (Å²) in [6, 6.07) is 23.2. The largest absolute Gasteiger partial charge is 0.436 e. The van der Waals surface area contributed by atoms with E-state index >= 15 is 0 Å². The van der Waals surface area contributed by atoms with E-state index in [9.17, 15) is 24.6 Å². The molecule has 0 aliphatic heterocycles. The zero-order valence-electron chi connectivity index (χ0n) is 22.0. The summed E-state index contributed by atoms with van der Waals surface area (Å²) in [7, 11) is 0. The van der Waals surface area contributed by atoms with Gasteiger partial charge < -0.3 is 8.83 Å². The van der Waals surface area contributed by atoms with Crippen molar-refractivity contribution < 1.29 is 23.1 Å². The number of nitrogens with zero attached hydrogens (tertiary/aromatic N) is 4. The monoisotopic (exact) mass is 554 g/mol. The van der Waals surface area contributed by atoms with E-state index in [0.29, 0.717) is 46.0 Å². The predicted molar refractivity (Wildman–Crippen MR) is 151 cm³/mol. The van der Waals surface area contributed by atoms with Crippen LogP contribution < -0.4 is 0 Å². The van der Waals surface area contributed by atoms with Crippen LogP contribution >= 0.6 is 0 Å². The van der Waals surface area contributed by atoms with Crippen LogP contribution in [0.2, 0.25) is 0 Å². The van der Waals surface area contributed by atoms with E-state index in [1.807, 2.05) is 50.2 Å². The molecule has 6 rings (SSSR count). The van der Waals surface area contributed by atoms with Crippen LogP contribution in [0.1, 0.15) is 19.4 Å². The minimum absolute atomic E-state index is 0.119. The highest BCUT2D eigenvalue weighted by atomic mass is 19.1. The zero-order valence-corrected chi connectivity index (χ0v) is 22.0. The normalized spacial score (nSPS) is 11.0. The first-order chi connectivity index (χ1) is 19.7. The molecule has 0 atom stereocenters. The van der Waals surface area contributed by atoms with Crippen molar-refractivity contribution in [2.75, 3.05) is 0 Å². The van der Waals surface area contributed by atoms with Gasteiger partial charge in [0.05, 0.1) is 9.85 Å². The van der Waals surface area contributed by atoms with Crippen LogP contribution in [0.4, 0.5) is 15.8 Å². The number of nitro groups is 2. The maximum absolute atomic E-state index is 13.2. The van der Waals surface area contributed by atoms with Crippen molar-refractivity contribution in [1.82, 2.24) is 9.97 Å². The minimum atomic E-state index is -0.884. The van der Waals surface area contributed by atoms with Gasteiger partial charge in [-0.2, -0.15) is 4.39 Å². The van der Waals surface area contributed by atoms with Crippen LogP contribution in [0, 0.1) is 32.0 Å². The number of hydrogen-bond acceptors (Lipinski definition) is 8. The van der Waals surface area contributed by atoms with Crippen LogP contribution in [0.3, 0.4) is 0 Å². The van der Waals surface area contributed by atoms with Gasteiger partial charge >= 0.3 is 5.69 Å². The summed E-state index contributed by atoms with van der Waals surface area (Å²) in [6.45, 7) is 4.08. The van der Waals surface area contributed by atoms with Crippen LogP contribution in [-0.2, 0) is 6.42 Å². The molecule has 10 nitrogen and oxygen atoms in total. The molecule has 4 aromatic carbocycles. The topological polar surface area (TPSA) is 138 Å². The number of fused-ring (bicyclic) bond motifs is 2. The maximum Gasteiger partial charge on any atom is 0.305 e. The number of halogens is 1. The first-order valence-corrected chi connectivity index (χ1v) is 12.6. The predicted octanol–water partition coefficient (Wildman–Crippen LogP) is 8.14. The molecule has 0 aliphatic carbocycles. The maximum atomic E-state index is 13.2. The van der Waals surface area contributed by atoms with Gasteiger partial charge in [-0.1, -0.05) is 44.2 Å². The molecule has 2 heterocycles. The Morgan fingerprint density at radius 2 is 1.22 bits per heavy atom. The highest BCUT2D eigenvalue weighted by molar-refractivity contribution is 5.77. The third-order valence-electron chi connectivity index (χ3n) is 6.13. The average molecular weight is 555 g/mol. The van der Waals surface area contributed by atoms with Crippen molar-refractivity contribution in [2.45, 2.75) is 20.3 Å². The van der Waals surface area contributed by atoms with Gasteiger partial charge in [-0.05, 0) is 54.8 Å². The molecule has 6 aromatic rings. The molecular formula is C30H23FN4O6. The Morgan fingerprint density at radius 1 is 0.732 bits per heavy atom. The van der Waals surface area contributed by atoms with Gasteiger partial charge in [0.1, 0.15) is 11.0 Å². The highest BCUT2D eigenvalue weighted by Gasteiger charge is 2.19. The average Bonchev–Trinajstić information content (AvgIpc) is 3.58. The smallest absolute Gasteiger partial charge is 0.305 e. The number of oxazole rings is 2. The Labute approximate surface area is 232 Å². The summed E-state index contributed by atoms with van der Waals surface area (Å²) in [6.07, 6.45) is 0.671. The Morgan fingerprint density at radius 3 is 1.71 bits per heavy atom. The highest BCUT2D eigenvalue weighted by Crippen LogP contribution is 2.31. The lowest BCUT2D eigenvalue weighted by Crippen LogP contribution is -2.00. The molecule has 0 radical (unpaired) electrons. The molecule has 0 saturated heterocycles. The number of para-hydroxylation sites is 4. The van der Waals surface area contributed by atoms with Gasteiger partial charge in [-0.3, -0.25) is 20.2 Å². The zero-order chi connectivity index (χ0) is 29.1. The molecule has 0 N–H and O–H groups in total. The van der Waals surface area contributed by atoms with E-state index < -0.39 is 16.4 Å². The summed E-state index contributed by atoms with van der Waals surface area (Å²) in [5, 5.41) is 22.0. The molecule has 0 saturated carbocycles. The second-order valence-electron chi connectivity index (χ2n) is 9.60. The summed E-state index contributed by atoms with van der Waals surface area (Å²) in [5.74, 6) is 0.100. The van der Waals surface area contributed by atoms with Gasteiger partial charge in [0.2, 0.25) is 17.6 Å². The Hall–Kier alpha value is -5.45. The van der Waals surface area contributed by atoms with Crippen LogP contribution in [0.5, 0.6) is 0 Å². The van der Waals surface area contributed by atoms with Gasteiger partial charge in [0.25, 0.3) is 5.69 Å². The molecule has 0 bridgehead atoms. The van der Waals surface area contributed by atoms with Gasteiger partial charge in [-0.25, -0.2) is 9.97 Å². The van der Waals surface area contributed by atoms with E-state index in [2.05, 4.69) is 9.97 Å². The van der Waals surface area contributed by atoms with Crippen LogP contribution in [-0.4, -0.2) is 19.8 Å². The lowest BCUT2D eigenvalue weighted by molar-refractivity contribution is -0.387. The fourth-order valence-corrected chi connectivity index (χ4v) is 4.26. The van der Waals surface area contributed by atoms with Crippen molar-refractivity contribution in [2.24, 2.45) is 5.92 Å². The van der Waals surface area contributed by atoms with Gasteiger partial charge in [0, 0.05) is 28.8 Å². The fraction of sp³-hybridized carbons (Fsp3) is 0.133. The molecule has 0 amide bonds. The molecule has 41 heavy (non-hydrogen) atoms. The first kappa shape index (κ1) is 27.1. The third kappa shape index (κ3) is 5.93. The van der Waals surface area contributed by atoms with Crippen LogP contribution in [0.15, 0.2) is 93.8 Å². The van der Waals surface area contributed by atoms with Gasteiger partial charge in [0.15, 0.2) is 11.2 Å². The van der Waals surface area contributed by atoms with Crippen molar-refractivity contribution >= 4 is 33.6 Å². The number of nitro benzene ring substituents is 2.